The lowest BCUT2D eigenvalue weighted by Crippen LogP contribution is -2.04. The molecule has 0 aliphatic rings. The fourth-order valence-corrected chi connectivity index (χ4v) is 9.43. The zero-order valence-corrected chi connectivity index (χ0v) is 41.1. The van der Waals surface area contributed by atoms with Gasteiger partial charge in [-0.05, 0) is 93.8 Å². The maximum absolute atomic E-state index is 10.8. The Hall–Kier alpha value is -1.84. The van der Waals surface area contributed by atoms with E-state index in [9.17, 15) is 10.2 Å². The standard InChI is InChI=1S/C54H100O4/c1-40(2)22-14-23-41(3)24-15-25-42(4)26-16-27-43(5)28-17-29-44(6)30-18-31-45(7)32-19-33-46(8)34-20-35-47(9)36-21-37-48(10)38-39-50-49(11)51(55)53(57-12)54(58-13)52(50)56/h22,41-48,55-56H,14-21,23-39H2,1-13H3. The van der Waals surface area contributed by atoms with Crippen LogP contribution in [0, 0.1) is 54.3 Å². The number of rotatable bonds is 36. The molecule has 4 heteroatoms. The zero-order chi connectivity index (χ0) is 43.5. The second kappa shape index (κ2) is 32.0. The lowest BCUT2D eigenvalue weighted by Gasteiger charge is -2.19. The van der Waals surface area contributed by atoms with E-state index in [2.05, 4.69) is 75.3 Å². The normalized spacial score (nSPS) is 15.9. The summed E-state index contributed by atoms with van der Waals surface area (Å²) < 4.78 is 10.6. The van der Waals surface area contributed by atoms with Crippen LogP contribution in [0.2, 0.25) is 0 Å². The lowest BCUT2D eigenvalue weighted by atomic mass is 9.88. The molecule has 0 bridgehead atoms. The van der Waals surface area contributed by atoms with E-state index in [0.717, 1.165) is 59.8 Å². The molecule has 340 valence electrons. The second-order valence-electron chi connectivity index (χ2n) is 20.6. The van der Waals surface area contributed by atoms with Gasteiger partial charge in [0.25, 0.3) is 0 Å². The first-order chi connectivity index (χ1) is 27.6. The van der Waals surface area contributed by atoms with E-state index in [1.807, 2.05) is 6.92 Å². The van der Waals surface area contributed by atoms with Crippen LogP contribution in [0.1, 0.15) is 234 Å². The summed E-state index contributed by atoms with van der Waals surface area (Å²) in [5, 5.41) is 21.4. The van der Waals surface area contributed by atoms with Crippen molar-refractivity contribution < 1.29 is 19.7 Å². The van der Waals surface area contributed by atoms with Gasteiger partial charge in [-0.15, -0.1) is 0 Å². The molecule has 2 N–H and O–H groups in total. The largest absolute Gasteiger partial charge is 0.504 e. The van der Waals surface area contributed by atoms with Gasteiger partial charge in [0, 0.05) is 11.1 Å². The van der Waals surface area contributed by atoms with E-state index in [1.165, 1.54) is 167 Å². The topological polar surface area (TPSA) is 58.9 Å². The molecule has 0 radical (unpaired) electrons. The van der Waals surface area contributed by atoms with Gasteiger partial charge in [-0.1, -0.05) is 202 Å². The Kier molecular flexibility index (Phi) is 29.8. The Morgan fingerprint density at radius 2 is 0.690 bits per heavy atom. The zero-order valence-electron chi connectivity index (χ0n) is 41.1. The van der Waals surface area contributed by atoms with Crippen molar-refractivity contribution in [2.24, 2.45) is 47.3 Å². The minimum Gasteiger partial charge on any atom is -0.504 e. The maximum Gasteiger partial charge on any atom is 0.207 e. The van der Waals surface area contributed by atoms with Crippen LogP contribution in [0.25, 0.3) is 0 Å². The van der Waals surface area contributed by atoms with Gasteiger partial charge in [0.05, 0.1) is 14.2 Å². The van der Waals surface area contributed by atoms with Crippen LogP contribution in [0.5, 0.6) is 23.0 Å². The third kappa shape index (κ3) is 24.4. The molecule has 8 unspecified atom stereocenters. The molecule has 4 nitrogen and oxygen atoms in total. The predicted molar refractivity (Wildman–Crippen MR) is 255 cm³/mol. The molecule has 0 saturated carbocycles. The highest BCUT2D eigenvalue weighted by atomic mass is 16.5. The van der Waals surface area contributed by atoms with E-state index in [-0.39, 0.29) is 23.0 Å². The van der Waals surface area contributed by atoms with E-state index >= 15 is 0 Å². The average molecular weight is 813 g/mol. The van der Waals surface area contributed by atoms with E-state index in [1.54, 1.807) is 0 Å². The Balaban J connectivity index is 2.07. The van der Waals surface area contributed by atoms with Gasteiger partial charge in [-0.3, -0.25) is 0 Å². The van der Waals surface area contributed by atoms with E-state index in [4.69, 9.17) is 9.47 Å². The monoisotopic (exact) mass is 813 g/mol. The number of ether oxygens (including phenoxy) is 2. The maximum atomic E-state index is 10.8. The van der Waals surface area contributed by atoms with E-state index in [0.29, 0.717) is 11.5 Å². The SMILES string of the molecule is COc1c(O)c(C)c(CCC(C)CCCC(C)CCCC(C)CCCC(C)CCCC(C)CCCC(C)CCCC(C)CCCC(C)CCC=C(C)C)c(O)c1OC. The van der Waals surface area contributed by atoms with Crippen molar-refractivity contribution in [3.05, 3.63) is 22.8 Å². The molecular formula is C54H100O4. The highest BCUT2D eigenvalue weighted by Crippen LogP contribution is 2.48. The number of phenols is 2. The first-order valence-corrected chi connectivity index (χ1v) is 24.9. The van der Waals surface area contributed by atoms with Crippen molar-refractivity contribution in [1.29, 1.82) is 0 Å². The first kappa shape index (κ1) is 54.2. The van der Waals surface area contributed by atoms with Crippen LogP contribution < -0.4 is 9.47 Å². The van der Waals surface area contributed by atoms with Crippen molar-refractivity contribution in [2.45, 2.75) is 237 Å². The highest BCUT2D eigenvalue weighted by molar-refractivity contribution is 5.65. The molecule has 58 heavy (non-hydrogen) atoms. The molecule has 0 amide bonds. The molecule has 0 spiro atoms. The average Bonchev–Trinajstić information content (AvgIpc) is 3.16. The summed E-state index contributed by atoms with van der Waals surface area (Å²) in [5.41, 5.74) is 2.90. The van der Waals surface area contributed by atoms with Crippen molar-refractivity contribution >= 4 is 0 Å². The molecule has 1 rings (SSSR count). The molecule has 1 aromatic carbocycles. The number of allylic oxidation sites excluding steroid dienone is 2. The highest BCUT2D eigenvalue weighted by Gasteiger charge is 2.23. The second-order valence-corrected chi connectivity index (χ2v) is 20.6. The van der Waals surface area contributed by atoms with Crippen molar-refractivity contribution in [1.82, 2.24) is 0 Å². The fraction of sp³-hybridized carbons (Fsp3) is 0.852. The van der Waals surface area contributed by atoms with Gasteiger partial charge in [0.15, 0.2) is 11.5 Å². The summed E-state index contributed by atoms with van der Waals surface area (Å²) in [5.74, 6) is 7.21. The summed E-state index contributed by atoms with van der Waals surface area (Å²) in [4.78, 5) is 0. The van der Waals surface area contributed by atoms with Gasteiger partial charge < -0.3 is 19.7 Å². The predicted octanol–water partition coefficient (Wildman–Crippen LogP) is 17.4. The van der Waals surface area contributed by atoms with Gasteiger partial charge in [-0.2, -0.15) is 0 Å². The number of methoxy groups -OCH3 is 2. The summed E-state index contributed by atoms with van der Waals surface area (Å²) in [6.45, 7) is 25.9. The van der Waals surface area contributed by atoms with Crippen LogP contribution in [-0.2, 0) is 6.42 Å². The van der Waals surface area contributed by atoms with Crippen LogP contribution in [0.4, 0.5) is 0 Å². The molecule has 0 saturated heterocycles. The van der Waals surface area contributed by atoms with Crippen molar-refractivity contribution in [2.75, 3.05) is 14.2 Å². The Morgan fingerprint density at radius 1 is 0.431 bits per heavy atom. The number of hydrogen-bond acceptors (Lipinski definition) is 4. The fourth-order valence-electron chi connectivity index (χ4n) is 9.43. The molecule has 0 fully saturated rings. The van der Waals surface area contributed by atoms with Crippen LogP contribution in [-0.4, -0.2) is 24.4 Å². The molecule has 8 atom stereocenters. The van der Waals surface area contributed by atoms with Crippen molar-refractivity contribution in [3.63, 3.8) is 0 Å². The number of aromatic hydroxyl groups is 2. The molecule has 0 aromatic heterocycles. The Labute approximate surface area is 362 Å². The first-order valence-electron chi connectivity index (χ1n) is 24.9. The number of phenolic OH excluding ortho intramolecular Hbond substituents is 2. The Morgan fingerprint density at radius 3 is 0.966 bits per heavy atom. The summed E-state index contributed by atoms with van der Waals surface area (Å²) in [7, 11) is 2.97. The Bertz CT molecular complexity index is 1200. The molecule has 0 aliphatic carbocycles. The van der Waals surface area contributed by atoms with Gasteiger partial charge in [0.2, 0.25) is 11.5 Å². The van der Waals surface area contributed by atoms with E-state index < -0.39 is 0 Å². The lowest BCUT2D eigenvalue weighted by molar-refractivity contribution is 0.313. The minimum atomic E-state index is 0.0575. The smallest absolute Gasteiger partial charge is 0.207 e. The quantitative estimate of drug-likeness (QED) is 0.0523. The number of benzene rings is 1. The van der Waals surface area contributed by atoms with Crippen LogP contribution >= 0.6 is 0 Å². The molecular weight excluding hydrogens is 713 g/mol. The van der Waals surface area contributed by atoms with Gasteiger partial charge in [-0.25, -0.2) is 0 Å². The van der Waals surface area contributed by atoms with Crippen molar-refractivity contribution in [3.8, 4) is 23.0 Å². The third-order valence-electron chi connectivity index (χ3n) is 14.0. The summed E-state index contributed by atoms with van der Waals surface area (Å²) in [6, 6.07) is 0. The summed E-state index contributed by atoms with van der Waals surface area (Å²) in [6.07, 6.45) is 35.8. The van der Waals surface area contributed by atoms with Gasteiger partial charge in [0.1, 0.15) is 0 Å². The minimum absolute atomic E-state index is 0.0575. The van der Waals surface area contributed by atoms with Crippen LogP contribution in [0.3, 0.4) is 0 Å². The van der Waals surface area contributed by atoms with Gasteiger partial charge >= 0.3 is 0 Å². The van der Waals surface area contributed by atoms with Crippen LogP contribution in [0.15, 0.2) is 11.6 Å². The molecule has 0 aliphatic heterocycles. The molecule has 0 heterocycles. The third-order valence-corrected chi connectivity index (χ3v) is 14.0. The summed E-state index contributed by atoms with van der Waals surface area (Å²) >= 11 is 0. The number of hydrogen-bond donors (Lipinski definition) is 2. The molecule has 1 aromatic rings.